The zero-order valence-electron chi connectivity index (χ0n) is 20.1. The van der Waals surface area contributed by atoms with Gasteiger partial charge in [0.05, 0.1) is 6.21 Å². The van der Waals surface area contributed by atoms with Crippen LogP contribution in [0.4, 0.5) is 0 Å². The first kappa shape index (κ1) is 25.0. The van der Waals surface area contributed by atoms with E-state index in [1.165, 1.54) is 16.7 Å². The van der Waals surface area contributed by atoms with Crippen LogP contribution in [0.15, 0.2) is 88.4 Å². The molecule has 0 aliphatic carbocycles. The number of hydrazone groups is 1. The number of rotatable bonds is 8. The molecule has 0 bridgehead atoms. The Kier molecular flexibility index (Phi) is 8.26. The number of benzene rings is 3. The fourth-order valence-corrected chi connectivity index (χ4v) is 5.49. The molecule has 1 N–H and O–H groups in total. The van der Waals surface area contributed by atoms with Crippen molar-refractivity contribution in [2.45, 2.75) is 32.3 Å². The highest BCUT2D eigenvalue weighted by atomic mass is 79.9. The summed E-state index contributed by atoms with van der Waals surface area (Å²) in [4.78, 5) is 12.6. The second-order valence-corrected chi connectivity index (χ2v) is 10.2. The lowest BCUT2D eigenvalue weighted by Crippen LogP contribution is -2.17. The van der Waals surface area contributed by atoms with Gasteiger partial charge in [-0.2, -0.15) is 16.9 Å². The fourth-order valence-electron chi connectivity index (χ4n) is 3.96. The number of halogens is 1. The van der Waals surface area contributed by atoms with Crippen molar-refractivity contribution in [3.63, 3.8) is 0 Å². The molecule has 0 saturated heterocycles. The van der Waals surface area contributed by atoms with E-state index in [9.17, 15) is 4.79 Å². The van der Waals surface area contributed by atoms with Crippen LogP contribution >= 0.6 is 27.7 Å². The minimum Gasteiger partial charge on any atom is -0.317 e. The Balaban J connectivity index is 1.37. The number of aromatic nitrogens is 1. The van der Waals surface area contributed by atoms with Crippen molar-refractivity contribution in [1.82, 2.24) is 9.99 Å². The summed E-state index contributed by atoms with van der Waals surface area (Å²) in [7, 11) is 0. The number of carbonyl (C=O) groups excluding carboxylic acids is 1. The summed E-state index contributed by atoms with van der Waals surface area (Å²) in [5.74, 6) is 1.64. The van der Waals surface area contributed by atoms with Crippen molar-refractivity contribution >= 4 is 39.8 Å². The molecule has 0 spiro atoms. The van der Waals surface area contributed by atoms with Crippen molar-refractivity contribution in [3.8, 4) is 5.69 Å². The molecule has 0 atom stereocenters. The van der Waals surface area contributed by atoms with E-state index in [0.29, 0.717) is 5.56 Å². The minimum absolute atomic E-state index is 0.228. The zero-order valence-corrected chi connectivity index (χ0v) is 22.5. The highest BCUT2D eigenvalue weighted by molar-refractivity contribution is 9.10. The maximum Gasteiger partial charge on any atom is 0.271 e. The van der Waals surface area contributed by atoms with Crippen LogP contribution in [0.3, 0.4) is 0 Å². The molecule has 35 heavy (non-hydrogen) atoms. The van der Waals surface area contributed by atoms with Gasteiger partial charge in [0.1, 0.15) is 0 Å². The van der Waals surface area contributed by atoms with Crippen LogP contribution in [0, 0.1) is 20.8 Å². The lowest BCUT2D eigenvalue weighted by Gasteiger charge is -2.10. The number of carbonyl (C=O) groups is 1. The number of aryl methyl sites for hydroxylation is 1. The van der Waals surface area contributed by atoms with E-state index in [-0.39, 0.29) is 5.91 Å². The van der Waals surface area contributed by atoms with Crippen LogP contribution in [-0.2, 0) is 11.5 Å². The maximum atomic E-state index is 12.6. The van der Waals surface area contributed by atoms with E-state index >= 15 is 0 Å². The molecule has 0 saturated carbocycles. The van der Waals surface area contributed by atoms with Crippen molar-refractivity contribution in [3.05, 3.63) is 123 Å². The number of nitrogens with one attached hydrogen (secondary N) is 1. The standard InChI is InChI=1S/C29H28BrN3OS/c1-20-8-7-11-26(16-20)33-21(2)27(28(30)22(33)3)17-31-32-29(34)25-14-12-24(13-15-25)19-35-18-23-9-5-4-6-10-23/h4-17H,18-19H2,1-3H3,(H,32,34)/b31-17-. The summed E-state index contributed by atoms with van der Waals surface area (Å²) in [6.45, 7) is 6.20. The molecule has 3 aromatic carbocycles. The quantitative estimate of drug-likeness (QED) is 0.185. The minimum atomic E-state index is -0.228. The summed E-state index contributed by atoms with van der Waals surface area (Å²) in [6, 6.07) is 26.5. The molecule has 178 valence electrons. The third-order valence-corrected chi connectivity index (χ3v) is 7.91. The normalized spacial score (nSPS) is 11.2. The SMILES string of the molecule is Cc1cccc(-n2c(C)c(Br)c(/C=N\NC(=O)c3ccc(CSCc4ccccc4)cc3)c2C)c1. The summed E-state index contributed by atoms with van der Waals surface area (Å²) in [5.41, 5.74) is 11.1. The van der Waals surface area contributed by atoms with E-state index in [4.69, 9.17) is 0 Å². The van der Waals surface area contributed by atoms with Gasteiger partial charge in [-0.15, -0.1) is 0 Å². The number of nitrogens with zero attached hydrogens (tertiary/aromatic N) is 2. The average Bonchev–Trinajstić information content (AvgIpc) is 3.08. The molecule has 1 aromatic heterocycles. The van der Waals surface area contributed by atoms with Gasteiger partial charge < -0.3 is 4.57 Å². The van der Waals surface area contributed by atoms with Crippen LogP contribution in [-0.4, -0.2) is 16.7 Å². The Hall–Kier alpha value is -3.09. The third kappa shape index (κ3) is 6.13. The monoisotopic (exact) mass is 545 g/mol. The van der Waals surface area contributed by atoms with Gasteiger partial charge in [-0.3, -0.25) is 4.79 Å². The smallest absolute Gasteiger partial charge is 0.271 e. The Bertz CT molecular complexity index is 1340. The first-order chi connectivity index (χ1) is 16.9. The van der Waals surface area contributed by atoms with Crippen LogP contribution < -0.4 is 5.43 Å². The van der Waals surface area contributed by atoms with Gasteiger partial charge in [-0.05, 0) is 77.7 Å². The summed E-state index contributed by atoms with van der Waals surface area (Å²) >= 11 is 5.56. The molecule has 1 amide bonds. The van der Waals surface area contributed by atoms with E-state index in [1.807, 2.05) is 42.1 Å². The molecular formula is C29H28BrN3OS. The molecule has 0 aliphatic rings. The van der Waals surface area contributed by atoms with Gasteiger partial charge in [-0.1, -0.05) is 54.6 Å². The Morgan fingerprint density at radius 3 is 2.29 bits per heavy atom. The van der Waals surface area contributed by atoms with E-state index in [0.717, 1.165) is 38.6 Å². The largest absolute Gasteiger partial charge is 0.317 e. The molecule has 0 unspecified atom stereocenters. The molecular weight excluding hydrogens is 518 g/mol. The third-order valence-electron chi connectivity index (χ3n) is 5.83. The Morgan fingerprint density at radius 1 is 0.914 bits per heavy atom. The molecule has 4 nitrogen and oxygen atoms in total. The maximum absolute atomic E-state index is 12.6. The topological polar surface area (TPSA) is 46.4 Å². The van der Waals surface area contributed by atoms with Crippen molar-refractivity contribution in [1.29, 1.82) is 0 Å². The lowest BCUT2D eigenvalue weighted by molar-refractivity contribution is 0.0955. The Labute approximate surface area is 219 Å². The van der Waals surface area contributed by atoms with Crippen molar-refractivity contribution < 1.29 is 4.79 Å². The molecule has 0 radical (unpaired) electrons. The molecule has 6 heteroatoms. The summed E-state index contributed by atoms with van der Waals surface area (Å²) in [5, 5.41) is 4.24. The second kappa shape index (κ2) is 11.6. The van der Waals surface area contributed by atoms with Crippen molar-refractivity contribution in [2.75, 3.05) is 0 Å². The predicted octanol–water partition coefficient (Wildman–Crippen LogP) is 7.36. The van der Waals surface area contributed by atoms with Gasteiger partial charge in [0.15, 0.2) is 0 Å². The lowest BCUT2D eigenvalue weighted by atomic mass is 10.1. The van der Waals surface area contributed by atoms with Gasteiger partial charge in [-0.25, -0.2) is 5.43 Å². The molecule has 1 heterocycles. The zero-order chi connectivity index (χ0) is 24.8. The Morgan fingerprint density at radius 2 is 1.60 bits per heavy atom. The van der Waals surface area contributed by atoms with E-state index in [2.05, 4.69) is 100 Å². The number of hydrogen-bond donors (Lipinski definition) is 1. The molecule has 0 fully saturated rings. The predicted molar refractivity (Wildman–Crippen MR) is 151 cm³/mol. The van der Waals surface area contributed by atoms with Crippen LogP contribution in [0.2, 0.25) is 0 Å². The highest BCUT2D eigenvalue weighted by Gasteiger charge is 2.16. The van der Waals surface area contributed by atoms with E-state index in [1.54, 1.807) is 6.21 Å². The molecule has 4 aromatic rings. The van der Waals surface area contributed by atoms with Crippen molar-refractivity contribution in [2.24, 2.45) is 5.10 Å². The highest BCUT2D eigenvalue weighted by Crippen LogP contribution is 2.29. The van der Waals surface area contributed by atoms with Crippen LogP contribution in [0.25, 0.3) is 5.69 Å². The summed E-state index contributed by atoms with van der Waals surface area (Å²) < 4.78 is 3.15. The number of thioether (sulfide) groups is 1. The van der Waals surface area contributed by atoms with E-state index < -0.39 is 0 Å². The van der Waals surface area contributed by atoms with Gasteiger partial charge in [0, 0.05) is 44.2 Å². The van der Waals surface area contributed by atoms with Gasteiger partial charge >= 0.3 is 0 Å². The first-order valence-corrected chi connectivity index (χ1v) is 13.4. The number of amides is 1. The number of hydrogen-bond acceptors (Lipinski definition) is 3. The van der Waals surface area contributed by atoms with Crippen LogP contribution in [0.1, 0.15) is 44.0 Å². The first-order valence-electron chi connectivity index (χ1n) is 11.4. The molecule has 4 rings (SSSR count). The van der Waals surface area contributed by atoms with Gasteiger partial charge in [0.25, 0.3) is 5.91 Å². The fraction of sp³-hybridized carbons (Fsp3) is 0.172. The average molecular weight is 547 g/mol. The van der Waals surface area contributed by atoms with Crippen LogP contribution in [0.5, 0.6) is 0 Å². The summed E-state index contributed by atoms with van der Waals surface area (Å²) in [6.07, 6.45) is 1.70. The second-order valence-electron chi connectivity index (χ2n) is 8.45. The van der Waals surface area contributed by atoms with Gasteiger partial charge in [0.2, 0.25) is 0 Å². The molecule has 0 aliphatic heterocycles.